The van der Waals surface area contributed by atoms with Gasteiger partial charge in [0.15, 0.2) is 0 Å². The number of primary amides is 1. The Morgan fingerprint density at radius 1 is 1.00 bits per heavy atom. The fourth-order valence-corrected chi connectivity index (χ4v) is 3.81. The highest BCUT2D eigenvalue weighted by Crippen LogP contribution is 2.42. The zero-order valence-electron chi connectivity index (χ0n) is 21.3. The number of nitrogens with two attached hydrogens (primary N) is 1. The maximum absolute atomic E-state index is 14.0. The van der Waals surface area contributed by atoms with E-state index in [4.69, 9.17) is 16.4 Å². The van der Waals surface area contributed by atoms with Gasteiger partial charge in [-0.25, -0.2) is 4.79 Å². The Hall–Kier alpha value is -5.71. The Labute approximate surface area is 229 Å². The van der Waals surface area contributed by atoms with Crippen LogP contribution in [0.3, 0.4) is 0 Å². The Kier molecular flexibility index (Phi) is 8.14. The minimum absolute atomic E-state index is 0.0194. The molecule has 0 aromatic heterocycles. The highest BCUT2D eigenvalue weighted by Gasteiger charge is 2.36. The number of nitrogens with zero attached hydrogens (tertiary/aromatic N) is 2. The number of alkyl halides is 3. The van der Waals surface area contributed by atoms with Gasteiger partial charge in [0.2, 0.25) is 11.8 Å². The molecule has 0 saturated carbocycles. The van der Waals surface area contributed by atoms with Crippen molar-refractivity contribution in [3.8, 4) is 22.9 Å². The van der Waals surface area contributed by atoms with E-state index in [-0.39, 0.29) is 16.9 Å². The molecular weight excluding hydrogens is 547 g/mol. The van der Waals surface area contributed by atoms with Crippen molar-refractivity contribution in [3.63, 3.8) is 0 Å². The summed E-state index contributed by atoms with van der Waals surface area (Å²) >= 11 is 0. The number of nitrogens with one attached hydrogen (secondary N) is 2. The van der Waals surface area contributed by atoms with Crippen molar-refractivity contribution in [2.24, 2.45) is 5.73 Å². The fourth-order valence-electron chi connectivity index (χ4n) is 3.81. The van der Waals surface area contributed by atoms with Crippen LogP contribution in [0.4, 0.5) is 24.5 Å². The molecule has 0 aliphatic rings. The minimum atomic E-state index is -4.97. The summed E-state index contributed by atoms with van der Waals surface area (Å²) < 4.78 is 42.1. The summed E-state index contributed by atoms with van der Waals surface area (Å²) in [5.74, 6) is -5.38. The molecule has 14 heteroatoms. The quantitative estimate of drug-likeness (QED) is 0.268. The van der Waals surface area contributed by atoms with Crippen molar-refractivity contribution in [1.29, 1.82) is 10.7 Å². The molecule has 3 aromatic rings. The number of phenols is 1. The number of carboxylic acid groups (broad SMARTS) is 1. The summed E-state index contributed by atoms with van der Waals surface area (Å²) in [6, 6.07) is 9.39. The zero-order valence-corrected chi connectivity index (χ0v) is 21.3. The van der Waals surface area contributed by atoms with Gasteiger partial charge in [-0.15, -0.1) is 0 Å². The van der Waals surface area contributed by atoms with Crippen LogP contribution in [0.5, 0.6) is 5.75 Å². The highest BCUT2D eigenvalue weighted by atomic mass is 19.4. The SMILES string of the molecule is CC(=O)N(C)c1ccc(-c2cc(O)c(C(=N)C(=O)Nc3ccc(C#N)cc3C(=O)O)cc2C(N)=O)c(C(F)(F)F)c1. The summed E-state index contributed by atoms with van der Waals surface area (Å²) in [7, 11) is 1.26. The van der Waals surface area contributed by atoms with E-state index in [1.54, 1.807) is 6.07 Å². The van der Waals surface area contributed by atoms with Crippen LogP contribution >= 0.6 is 0 Å². The predicted molar refractivity (Wildman–Crippen MR) is 140 cm³/mol. The van der Waals surface area contributed by atoms with Gasteiger partial charge in [0.25, 0.3) is 5.91 Å². The van der Waals surface area contributed by atoms with Crippen LogP contribution < -0.4 is 16.0 Å². The maximum atomic E-state index is 14.0. The van der Waals surface area contributed by atoms with E-state index in [9.17, 15) is 42.6 Å². The van der Waals surface area contributed by atoms with Crippen LogP contribution in [0.2, 0.25) is 0 Å². The van der Waals surface area contributed by atoms with Gasteiger partial charge in [-0.3, -0.25) is 19.8 Å². The Balaban J connectivity index is 2.11. The first-order chi connectivity index (χ1) is 19.1. The summed E-state index contributed by atoms with van der Waals surface area (Å²) in [6.07, 6.45) is -4.97. The monoisotopic (exact) mass is 567 g/mol. The summed E-state index contributed by atoms with van der Waals surface area (Å²) in [5, 5.41) is 39.4. The van der Waals surface area contributed by atoms with Crippen molar-refractivity contribution in [2.75, 3.05) is 17.3 Å². The second-order valence-electron chi connectivity index (χ2n) is 8.59. The minimum Gasteiger partial charge on any atom is -0.507 e. The first kappa shape index (κ1) is 29.8. The Morgan fingerprint density at radius 2 is 1.66 bits per heavy atom. The summed E-state index contributed by atoms with van der Waals surface area (Å²) in [5.41, 5.74) is 0.0957. The molecule has 0 atom stereocenters. The maximum Gasteiger partial charge on any atom is 0.417 e. The Bertz CT molecular complexity index is 1680. The van der Waals surface area contributed by atoms with Gasteiger partial charge in [-0.1, -0.05) is 6.07 Å². The van der Waals surface area contributed by atoms with E-state index in [1.807, 2.05) is 0 Å². The number of rotatable bonds is 7. The lowest BCUT2D eigenvalue weighted by molar-refractivity contribution is -0.137. The van der Waals surface area contributed by atoms with Gasteiger partial charge in [0, 0.05) is 30.8 Å². The van der Waals surface area contributed by atoms with Crippen molar-refractivity contribution < 1.29 is 42.6 Å². The number of halogens is 3. The summed E-state index contributed by atoms with van der Waals surface area (Å²) in [6.45, 7) is 1.15. The molecule has 0 radical (unpaired) electrons. The molecule has 0 spiro atoms. The number of aromatic hydroxyl groups is 1. The molecule has 6 N–H and O–H groups in total. The third-order valence-corrected chi connectivity index (χ3v) is 5.98. The molecule has 41 heavy (non-hydrogen) atoms. The van der Waals surface area contributed by atoms with E-state index in [0.717, 1.165) is 42.2 Å². The van der Waals surface area contributed by atoms with E-state index in [2.05, 4.69) is 5.32 Å². The van der Waals surface area contributed by atoms with Gasteiger partial charge in [0.05, 0.1) is 28.4 Å². The lowest BCUT2D eigenvalue weighted by Crippen LogP contribution is -2.25. The lowest BCUT2D eigenvalue weighted by atomic mass is 9.91. The third-order valence-electron chi connectivity index (χ3n) is 5.98. The molecule has 0 bridgehead atoms. The lowest BCUT2D eigenvalue weighted by Gasteiger charge is -2.21. The van der Waals surface area contributed by atoms with Crippen LogP contribution in [-0.4, -0.2) is 46.7 Å². The number of phenolic OH excluding ortho intramolecular Hbond substituents is 1. The van der Waals surface area contributed by atoms with Crippen LogP contribution in [0.15, 0.2) is 48.5 Å². The number of hydrogen-bond donors (Lipinski definition) is 5. The van der Waals surface area contributed by atoms with Crippen molar-refractivity contribution in [3.05, 3.63) is 76.3 Å². The first-order valence-corrected chi connectivity index (χ1v) is 11.4. The van der Waals surface area contributed by atoms with Crippen LogP contribution in [0.25, 0.3) is 11.1 Å². The standard InChI is InChI=1S/C27H20F3N5O6/c1-12(36)35(2)14-4-5-15(20(8-14)27(28,29)30)16-10-22(37)19(9-17(16)24(33)38)23(32)25(39)34-21-6-3-13(11-31)7-18(21)26(40)41/h3-10,32,37H,1-2H3,(H2,33,38)(H,34,39)(H,40,41). The van der Waals surface area contributed by atoms with Crippen LogP contribution in [0, 0.1) is 16.7 Å². The largest absolute Gasteiger partial charge is 0.507 e. The molecule has 0 heterocycles. The van der Waals surface area contributed by atoms with Crippen LogP contribution in [-0.2, 0) is 15.8 Å². The number of carbonyl (C=O) groups is 4. The number of amides is 3. The van der Waals surface area contributed by atoms with E-state index in [1.165, 1.54) is 19.2 Å². The van der Waals surface area contributed by atoms with Gasteiger partial charge < -0.3 is 26.2 Å². The second kappa shape index (κ2) is 11.2. The molecule has 3 amide bonds. The molecular formula is C27H20F3N5O6. The summed E-state index contributed by atoms with van der Waals surface area (Å²) in [4.78, 5) is 49.2. The predicted octanol–water partition coefficient (Wildman–Crippen LogP) is 3.74. The molecule has 0 aliphatic heterocycles. The second-order valence-corrected chi connectivity index (χ2v) is 8.59. The average Bonchev–Trinajstić information content (AvgIpc) is 2.91. The normalized spacial score (nSPS) is 10.8. The van der Waals surface area contributed by atoms with Crippen LogP contribution in [0.1, 0.15) is 44.3 Å². The van der Waals surface area contributed by atoms with E-state index >= 15 is 0 Å². The van der Waals surface area contributed by atoms with E-state index in [0.29, 0.717) is 6.07 Å². The van der Waals surface area contributed by atoms with Gasteiger partial charge >= 0.3 is 12.1 Å². The molecule has 3 aromatic carbocycles. The molecule has 0 saturated heterocycles. The highest BCUT2D eigenvalue weighted by molar-refractivity contribution is 6.48. The molecule has 11 nitrogen and oxygen atoms in total. The fraction of sp³-hybridized carbons (Fsp3) is 0.111. The van der Waals surface area contributed by atoms with Crippen molar-refractivity contribution >= 4 is 40.8 Å². The van der Waals surface area contributed by atoms with Gasteiger partial charge in [0.1, 0.15) is 11.5 Å². The zero-order chi connectivity index (χ0) is 30.8. The number of carboxylic acids is 1. The molecule has 0 unspecified atom stereocenters. The first-order valence-electron chi connectivity index (χ1n) is 11.4. The molecule has 0 aliphatic carbocycles. The molecule has 210 valence electrons. The van der Waals surface area contributed by atoms with Crippen molar-refractivity contribution in [2.45, 2.75) is 13.1 Å². The van der Waals surface area contributed by atoms with Gasteiger partial charge in [-0.2, -0.15) is 18.4 Å². The number of carbonyl (C=O) groups excluding carboxylic acids is 3. The number of hydrogen-bond acceptors (Lipinski definition) is 7. The molecule has 3 rings (SSSR count). The number of benzene rings is 3. The number of nitriles is 1. The third kappa shape index (κ3) is 6.14. The number of anilines is 2. The van der Waals surface area contributed by atoms with E-state index < -0.39 is 74.7 Å². The Morgan fingerprint density at radius 3 is 2.20 bits per heavy atom. The topological polar surface area (TPSA) is 198 Å². The van der Waals surface area contributed by atoms with Crippen molar-refractivity contribution in [1.82, 2.24) is 0 Å². The molecule has 0 fully saturated rings. The average molecular weight is 567 g/mol. The number of aromatic carboxylic acids is 1. The smallest absolute Gasteiger partial charge is 0.417 e. The van der Waals surface area contributed by atoms with Gasteiger partial charge in [-0.05, 0) is 53.6 Å².